The molecule has 78 valence electrons. The smallest absolute Gasteiger partial charge is 0.109 e. The summed E-state index contributed by atoms with van der Waals surface area (Å²) >= 11 is 0. The monoisotopic (exact) mass is 195 g/mol. The lowest BCUT2D eigenvalue weighted by Gasteiger charge is -2.32. The number of aryl methyl sites for hydroxylation is 1. The lowest BCUT2D eigenvalue weighted by Crippen LogP contribution is -2.43. The van der Waals surface area contributed by atoms with Gasteiger partial charge in [0.15, 0.2) is 0 Å². The van der Waals surface area contributed by atoms with E-state index >= 15 is 0 Å². The van der Waals surface area contributed by atoms with E-state index in [-0.39, 0.29) is 0 Å². The van der Waals surface area contributed by atoms with Crippen molar-refractivity contribution in [2.45, 2.75) is 31.8 Å². The fourth-order valence-corrected chi connectivity index (χ4v) is 1.95. The van der Waals surface area contributed by atoms with E-state index in [1.807, 2.05) is 13.0 Å². The van der Waals surface area contributed by atoms with Crippen LogP contribution in [-0.4, -0.2) is 23.8 Å². The highest BCUT2D eigenvalue weighted by Gasteiger charge is 2.30. The second-order valence-electron chi connectivity index (χ2n) is 4.18. The summed E-state index contributed by atoms with van der Waals surface area (Å²) in [4.78, 5) is 0. The van der Waals surface area contributed by atoms with Crippen molar-refractivity contribution in [2.75, 3.05) is 13.1 Å². The van der Waals surface area contributed by atoms with Crippen molar-refractivity contribution in [3.63, 3.8) is 0 Å². The van der Waals surface area contributed by atoms with E-state index < -0.39 is 5.60 Å². The molecule has 1 aliphatic rings. The summed E-state index contributed by atoms with van der Waals surface area (Å²) in [6.07, 6.45) is 3.96. The molecule has 1 fully saturated rings. The van der Waals surface area contributed by atoms with E-state index in [4.69, 9.17) is 4.42 Å². The van der Waals surface area contributed by atoms with E-state index in [1.165, 1.54) is 0 Å². The number of hydrogen-bond donors (Lipinski definition) is 2. The third-order valence-corrected chi connectivity index (χ3v) is 2.99. The van der Waals surface area contributed by atoms with Crippen LogP contribution in [0, 0.1) is 6.92 Å². The highest BCUT2D eigenvalue weighted by molar-refractivity contribution is 5.16. The van der Waals surface area contributed by atoms with Crippen molar-refractivity contribution >= 4 is 0 Å². The van der Waals surface area contributed by atoms with E-state index in [0.29, 0.717) is 6.42 Å². The van der Waals surface area contributed by atoms with Crippen molar-refractivity contribution in [3.8, 4) is 0 Å². The van der Waals surface area contributed by atoms with Gasteiger partial charge < -0.3 is 14.8 Å². The Bertz CT molecular complexity index is 300. The quantitative estimate of drug-likeness (QED) is 0.746. The minimum Gasteiger partial charge on any atom is -0.469 e. The molecule has 2 N–H and O–H groups in total. The molecule has 0 unspecified atom stereocenters. The highest BCUT2D eigenvalue weighted by Crippen LogP contribution is 2.25. The Hall–Kier alpha value is -0.800. The van der Waals surface area contributed by atoms with E-state index in [1.54, 1.807) is 6.26 Å². The van der Waals surface area contributed by atoms with Crippen LogP contribution >= 0.6 is 0 Å². The van der Waals surface area contributed by atoms with Crippen LogP contribution in [0.3, 0.4) is 0 Å². The van der Waals surface area contributed by atoms with Crippen LogP contribution in [0.25, 0.3) is 0 Å². The molecule has 0 aromatic carbocycles. The third-order valence-electron chi connectivity index (χ3n) is 2.99. The molecule has 2 heterocycles. The van der Waals surface area contributed by atoms with Gasteiger partial charge in [-0.25, -0.2) is 0 Å². The summed E-state index contributed by atoms with van der Waals surface area (Å²) in [5.41, 5.74) is 0.574. The Kier molecular flexibility index (Phi) is 2.61. The van der Waals surface area contributed by atoms with Gasteiger partial charge in [-0.3, -0.25) is 0 Å². The number of rotatable bonds is 2. The topological polar surface area (TPSA) is 45.4 Å². The largest absolute Gasteiger partial charge is 0.469 e. The van der Waals surface area contributed by atoms with E-state index in [9.17, 15) is 5.11 Å². The van der Waals surface area contributed by atoms with Crippen molar-refractivity contribution < 1.29 is 9.52 Å². The van der Waals surface area contributed by atoms with Gasteiger partial charge in [-0.15, -0.1) is 0 Å². The molecule has 0 saturated carbocycles. The summed E-state index contributed by atoms with van der Waals surface area (Å²) in [6.45, 7) is 3.82. The Balaban J connectivity index is 2.05. The van der Waals surface area contributed by atoms with Gasteiger partial charge in [-0.05, 0) is 44.5 Å². The zero-order valence-electron chi connectivity index (χ0n) is 8.55. The molecule has 2 rings (SSSR count). The number of aliphatic hydroxyl groups is 1. The molecule has 1 aliphatic heterocycles. The molecule has 0 spiro atoms. The maximum Gasteiger partial charge on any atom is 0.109 e. The molecular weight excluding hydrogens is 178 g/mol. The van der Waals surface area contributed by atoms with E-state index in [0.717, 1.165) is 37.3 Å². The normalized spacial score (nSPS) is 21.0. The minimum absolute atomic E-state index is 0.562. The number of nitrogens with one attached hydrogen (secondary N) is 1. The van der Waals surface area contributed by atoms with Crippen molar-refractivity contribution in [1.82, 2.24) is 5.32 Å². The molecule has 14 heavy (non-hydrogen) atoms. The second-order valence-corrected chi connectivity index (χ2v) is 4.18. The van der Waals surface area contributed by atoms with Gasteiger partial charge in [-0.1, -0.05) is 0 Å². The first-order valence-electron chi connectivity index (χ1n) is 5.16. The maximum atomic E-state index is 10.3. The van der Waals surface area contributed by atoms with Crippen molar-refractivity contribution in [2.24, 2.45) is 0 Å². The zero-order valence-corrected chi connectivity index (χ0v) is 8.55. The third kappa shape index (κ3) is 1.99. The van der Waals surface area contributed by atoms with Crippen LogP contribution in [0.4, 0.5) is 0 Å². The van der Waals surface area contributed by atoms with Crippen LogP contribution in [0.1, 0.15) is 24.2 Å². The molecule has 0 amide bonds. The van der Waals surface area contributed by atoms with Gasteiger partial charge >= 0.3 is 0 Å². The molecule has 0 atom stereocenters. The average Bonchev–Trinajstić information content (AvgIpc) is 2.52. The van der Waals surface area contributed by atoms with Gasteiger partial charge in [0.1, 0.15) is 5.76 Å². The zero-order chi connectivity index (χ0) is 10.0. The van der Waals surface area contributed by atoms with Crippen molar-refractivity contribution in [3.05, 3.63) is 23.7 Å². The second kappa shape index (κ2) is 3.75. The molecule has 0 bridgehead atoms. The fraction of sp³-hybridized carbons (Fsp3) is 0.636. The molecule has 0 radical (unpaired) electrons. The molecule has 3 nitrogen and oxygen atoms in total. The van der Waals surface area contributed by atoms with Crippen LogP contribution in [-0.2, 0) is 6.42 Å². The molecule has 3 heteroatoms. The lowest BCUT2D eigenvalue weighted by molar-refractivity contribution is 0.00643. The average molecular weight is 195 g/mol. The number of hydrogen-bond acceptors (Lipinski definition) is 3. The minimum atomic E-state index is -0.562. The SMILES string of the molecule is Cc1ccoc1CC1(O)CCNCC1. The summed E-state index contributed by atoms with van der Waals surface area (Å²) in [5, 5.41) is 13.5. The van der Waals surface area contributed by atoms with Gasteiger partial charge in [0.05, 0.1) is 11.9 Å². The first-order valence-corrected chi connectivity index (χ1v) is 5.16. The van der Waals surface area contributed by atoms with Crippen molar-refractivity contribution in [1.29, 1.82) is 0 Å². The molecule has 0 aliphatic carbocycles. The molecule has 1 saturated heterocycles. The van der Waals surface area contributed by atoms with E-state index in [2.05, 4.69) is 5.32 Å². The Morgan fingerprint density at radius 1 is 1.50 bits per heavy atom. The fourth-order valence-electron chi connectivity index (χ4n) is 1.95. The number of piperidine rings is 1. The number of furan rings is 1. The van der Waals surface area contributed by atoms with Crippen LogP contribution in [0.2, 0.25) is 0 Å². The first-order chi connectivity index (χ1) is 6.70. The predicted octanol–water partition coefficient (Wildman–Crippen LogP) is 1.25. The first kappa shape index (κ1) is 9.74. The van der Waals surface area contributed by atoms with Gasteiger partial charge in [0, 0.05) is 6.42 Å². The van der Waals surface area contributed by atoms with Gasteiger partial charge in [0.25, 0.3) is 0 Å². The van der Waals surface area contributed by atoms with Crippen LogP contribution in [0.5, 0.6) is 0 Å². The van der Waals surface area contributed by atoms with Crippen LogP contribution < -0.4 is 5.32 Å². The summed E-state index contributed by atoms with van der Waals surface area (Å²) in [5.74, 6) is 0.925. The van der Waals surface area contributed by atoms with Crippen LogP contribution in [0.15, 0.2) is 16.7 Å². The maximum absolute atomic E-state index is 10.3. The standard InChI is InChI=1S/C11H17NO2/c1-9-2-7-14-10(9)8-11(13)3-5-12-6-4-11/h2,7,12-13H,3-6,8H2,1H3. The Morgan fingerprint density at radius 3 is 2.79 bits per heavy atom. The molecule has 1 aromatic rings. The van der Waals surface area contributed by atoms with Gasteiger partial charge in [0.2, 0.25) is 0 Å². The Morgan fingerprint density at radius 2 is 2.21 bits per heavy atom. The molecule has 1 aromatic heterocycles. The summed E-state index contributed by atoms with van der Waals surface area (Å²) in [7, 11) is 0. The predicted molar refractivity (Wildman–Crippen MR) is 54.2 cm³/mol. The Labute approximate surface area is 84.1 Å². The summed E-state index contributed by atoms with van der Waals surface area (Å²) < 4.78 is 5.35. The highest BCUT2D eigenvalue weighted by atomic mass is 16.3. The van der Waals surface area contributed by atoms with Gasteiger partial charge in [-0.2, -0.15) is 0 Å². The molecular formula is C11H17NO2. The lowest BCUT2D eigenvalue weighted by atomic mass is 9.87. The summed E-state index contributed by atoms with van der Waals surface area (Å²) in [6, 6.07) is 1.94.